The number of rotatable bonds is 4. The number of nitrogens with zero attached hydrogens (tertiary/aromatic N) is 2. The lowest BCUT2D eigenvalue weighted by Crippen LogP contribution is -2.57. The van der Waals surface area contributed by atoms with E-state index in [9.17, 15) is 12.8 Å². The number of benzene rings is 1. The van der Waals surface area contributed by atoms with Gasteiger partial charge in [0, 0.05) is 43.7 Å². The van der Waals surface area contributed by atoms with Crippen LogP contribution < -0.4 is 0 Å². The van der Waals surface area contributed by atoms with Gasteiger partial charge in [0.15, 0.2) is 0 Å². The summed E-state index contributed by atoms with van der Waals surface area (Å²) in [5, 5.41) is 0. The van der Waals surface area contributed by atoms with E-state index in [1.807, 2.05) is 12.1 Å². The Morgan fingerprint density at radius 3 is 2.62 bits per heavy atom. The summed E-state index contributed by atoms with van der Waals surface area (Å²) in [6.45, 7) is 5.26. The average Bonchev–Trinajstić information content (AvgIpc) is 2.87. The highest BCUT2D eigenvalue weighted by molar-refractivity contribution is 7.89. The van der Waals surface area contributed by atoms with Gasteiger partial charge in [-0.15, -0.1) is 0 Å². The van der Waals surface area contributed by atoms with Crippen LogP contribution in [0, 0.1) is 11.2 Å². The molecule has 0 aliphatic carbocycles. The number of halogens is 1. The number of hydrogen-bond acceptors (Lipinski definition) is 3. The van der Waals surface area contributed by atoms with Crippen molar-refractivity contribution < 1.29 is 12.8 Å². The van der Waals surface area contributed by atoms with Crippen LogP contribution >= 0.6 is 0 Å². The van der Waals surface area contributed by atoms with Crippen molar-refractivity contribution in [1.82, 2.24) is 9.21 Å². The van der Waals surface area contributed by atoms with E-state index in [1.165, 1.54) is 6.07 Å². The first-order chi connectivity index (χ1) is 9.94. The zero-order valence-electron chi connectivity index (χ0n) is 12.3. The van der Waals surface area contributed by atoms with Crippen molar-refractivity contribution in [3.05, 3.63) is 35.6 Å². The first kappa shape index (κ1) is 14.9. The highest BCUT2D eigenvalue weighted by atomic mass is 32.2. The Hall–Kier alpha value is -0.980. The summed E-state index contributed by atoms with van der Waals surface area (Å²) in [6.07, 6.45) is 0.917. The maximum absolute atomic E-state index is 13.6. The normalized spacial score (nSPS) is 22.6. The van der Waals surface area contributed by atoms with Crippen molar-refractivity contribution in [3.8, 4) is 0 Å². The fourth-order valence-electron chi connectivity index (χ4n) is 3.45. The molecule has 0 bridgehead atoms. The second kappa shape index (κ2) is 5.34. The first-order valence-electron chi connectivity index (χ1n) is 7.38. The molecule has 1 spiro atoms. The van der Waals surface area contributed by atoms with E-state index in [2.05, 4.69) is 4.90 Å². The van der Waals surface area contributed by atoms with Gasteiger partial charge in [-0.05, 0) is 19.4 Å². The third kappa shape index (κ3) is 2.84. The zero-order chi connectivity index (χ0) is 15.1. The van der Waals surface area contributed by atoms with Crippen LogP contribution in [-0.4, -0.2) is 49.6 Å². The molecule has 116 valence electrons. The minimum absolute atomic E-state index is 0.0908. The quantitative estimate of drug-likeness (QED) is 0.849. The molecule has 0 N–H and O–H groups in total. The van der Waals surface area contributed by atoms with Gasteiger partial charge in [0.2, 0.25) is 10.0 Å². The van der Waals surface area contributed by atoms with Gasteiger partial charge < -0.3 is 0 Å². The van der Waals surface area contributed by atoms with Gasteiger partial charge in [0.05, 0.1) is 5.75 Å². The Kier molecular flexibility index (Phi) is 3.80. The second-order valence-electron chi connectivity index (χ2n) is 6.22. The van der Waals surface area contributed by atoms with Crippen molar-refractivity contribution >= 4 is 10.0 Å². The Morgan fingerprint density at radius 1 is 1.24 bits per heavy atom. The summed E-state index contributed by atoms with van der Waals surface area (Å²) in [6, 6.07) is 6.83. The van der Waals surface area contributed by atoms with Crippen LogP contribution in [0.3, 0.4) is 0 Å². The van der Waals surface area contributed by atoms with Crippen molar-refractivity contribution in [2.75, 3.05) is 31.9 Å². The van der Waals surface area contributed by atoms with Crippen molar-refractivity contribution in [1.29, 1.82) is 0 Å². The summed E-state index contributed by atoms with van der Waals surface area (Å²) in [5.41, 5.74) is 0.802. The molecule has 2 saturated heterocycles. The molecule has 2 aliphatic rings. The summed E-state index contributed by atoms with van der Waals surface area (Å²) in [7, 11) is -3.07. The van der Waals surface area contributed by atoms with Crippen LogP contribution in [0.4, 0.5) is 4.39 Å². The topological polar surface area (TPSA) is 40.6 Å². The Labute approximate surface area is 125 Å². The molecule has 4 nitrogen and oxygen atoms in total. The van der Waals surface area contributed by atoms with Crippen LogP contribution in [0.5, 0.6) is 0 Å². The standard InChI is InChI=1S/C15H21FN2O2S/c1-2-21(19,20)18-8-7-15(12-18)10-17(11-15)9-13-5-3-4-6-14(13)16/h3-6H,2,7-12H2,1H3. The van der Waals surface area contributed by atoms with Gasteiger partial charge >= 0.3 is 0 Å². The van der Waals surface area contributed by atoms with Gasteiger partial charge in [0.25, 0.3) is 0 Å². The minimum atomic E-state index is -3.07. The van der Waals surface area contributed by atoms with E-state index >= 15 is 0 Å². The molecule has 1 aromatic carbocycles. The first-order valence-corrected chi connectivity index (χ1v) is 8.99. The number of hydrogen-bond donors (Lipinski definition) is 0. The molecular weight excluding hydrogens is 291 g/mol. The van der Waals surface area contributed by atoms with E-state index in [0.717, 1.165) is 19.5 Å². The summed E-state index contributed by atoms with van der Waals surface area (Å²) in [4.78, 5) is 2.19. The van der Waals surface area contributed by atoms with Gasteiger partial charge in [-0.3, -0.25) is 4.90 Å². The maximum atomic E-state index is 13.6. The summed E-state index contributed by atoms with van der Waals surface area (Å²) >= 11 is 0. The van der Waals surface area contributed by atoms with Crippen LogP contribution in [0.2, 0.25) is 0 Å². The van der Waals surface area contributed by atoms with Crippen LogP contribution in [-0.2, 0) is 16.6 Å². The molecule has 0 amide bonds. The maximum Gasteiger partial charge on any atom is 0.213 e. The molecule has 0 atom stereocenters. The van der Waals surface area contributed by atoms with Crippen LogP contribution in [0.25, 0.3) is 0 Å². The van der Waals surface area contributed by atoms with E-state index in [0.29, 0.717) is 25.2 Å². The highest BCUT2D eigenvalue weighted by Gasteiger charge is 2.49. The van der Waals surface area contributed by atoms with Crippen molar-refractivity contribution in [2.45, 2.75) is 19.9 Å². The Bertz CT molecular complexity index is 626. The van der Waals surface area contributed by atoms with Gasteiger partial charge in [-0.1, -0.05) is 18.2 Å². The van der Waals surface area contributed by atoms with Crippen LogP contribution in [0.15, 0.2) is 24.3 Å². The molecule has 21 heavy (non-hydrogen) atoms. The van der Waals surface area contributed by atoms with Crippen molar-refractivity contribution in [2.24, 2.45) is 5.41 Å². The molecule has 0 unspecified atom stereocenters. The van der Waals surface area contributed by atoms with E-state index in [-0.39, 0.29) is 17.0 Å². The molecule has 6 heteroatoms. The molecule has 2 heterocycles. The summed E-state index contributed by atoms with van der Waals surface area (Å²) < 4.78 is 39.1. The monoisotopic (exact) mass is 312 g/mol. The smallest absolute Gasteiger partial charge is 0.213 e. The Balaban J connectivity index is 1.58. The average molecular weight is 312 g/mol. The Morgan fingerprint density at radius 2 is 1.95 bits per heavy atom. The molecule has 1 aromatic rings. The molecular formula is C15H21FN2O2S. The predicted octanol–water partition coefficient (Wildman–Crippen LogP) is 1.68. The summed E-state index contributed by atoms with van der Waals surface area (Å²) in [5.74, 6) is 0.00206. The van der Waals surface area contributed by atoms with Gasteiger partial charge in [-0.25, -0.2) is 17.1 Å². The molecule has 2 aliphatic heterocycles. The lowest BCUT2D eigenvalue weighted by molar-refractivity contribution is 0.00580. The second-order valence-corrected chi connectivity index (χ2v) is 8.48. The van der Waals surface area contributed by atoms with Crippen LogP contribution in [0.1, 0.15) is 18.9 Å². The third-order valence-electron chi connectivity index (χ3n) is 4.63. The lowest BCUT2D eigenvalue weighted by atomic mass is 9.79. The molecule has 0 aromatic heterocycles. The molecule has 0 radical (unpaired) electrons. The molecule has 2 fully saturated rings. The van der Waals surface area contributed by atoms with E-state index in [1.54, 1.807) is 17.3 Å². The fourth-order valence-corrected chi connectivity index (χ4v) is 4.66. The predicted molar refractivity (Wildman–Crippen MR) is 79.8 cm³/mol. The number of sulfonamides is 1. The highest BCUT2D eigenvalue weighted by Crippen LogP contribution is 2.41. The van der Waals surface area contributed by atoms with Gasteiger partial charge in [0.1, 0.15) is 5.82 Å². The largest absolute Gasteiger partial charge is 0.298 e. The fraction of sp³-hybridized carbons (Fsp3) is 0.600. The van der Waals surface area contributed by atoms with E-state index < -0.39 is 10.0 Å². The van der Waals surface area contributed by atoms with Crippen molar-refractivity contribution in [3.63, 3.8) is 0 Å². The molecule has 3 rings (SSSR count). The number of likely N-dealkylation sites (tertiary alicyclic amines) is 1. The SMILES string of the molecule is CCS(=O)(=O)N1CCC2(CN(Cc3ccccc3F)C2)C1. The zero-order valence-corrected chi connectivity index (χ0v) is 13.1. The minimum Gasteiger partial charge on any atom is -0.298 e. The molecule has 0 saturated carbocycles. The van der Waals surface area contributed by atoms with E-state index in [4.69, 9.17) is 0 Å². The third-order valence-corrected chi connectivity index (χ3v) is 6.46. The lowest BCUT2D eigenvalue weighted by Gasteiger charge is -2.48. The van der Waals surface area contributed by atoms with Gasteiger partial charge in [-0.2, -0.15) is 0 Å².